The van der Waals surface area contributed by atoms with Gasteiger partial charge in [-0.05, 0) is 69.8 Å². The standard InChI is InChI=1S/C27H31ClN2O5S/c1-3-34-23(32)22-17(2)29-25(36-22)30(14-18-7-5-4-6-8-18)21(31)15-35-24(33)26-10-19-9-20(11-26)13-27(28,12-19)16-26/h4-8,19-20H,3,9-16H2,1-2H3/t19-,20-,26?,27?/m1/s1. The molecule has 1 heterocycles. The topological polar surface area (TPSA) is 85.8 Å². The molecule has 0 saturated heterocycles. The first-order chi connectivity index (χ1) is 17.2. The Kier molecular flexibility index (Phi) is 6.85. The first-order valence-electron chi connectivity index (χ1n) is 12.6. The first kappa shape index (κ1) is 25.2. The minimum atomic E-state index is -0.578. The van der Waals surface area contributed by atoms with Crippen LogP contribution in [0.4, 0.5) is 5.13 Å². The highest BCUT2D eigenvalue weighted by Crippen LogP contribution is 2.64. The third-order valence-corrected chi connectivity index (χ3v) is 9.31. The highest BCUT2D eigenvalue weighted by atomic mass is 35.5. The minimum absolute atomic E-state index is 0.243. The highest BCUT2D eigenvalue weighted by molar-refractivity contribution is 7.17. The number of hydrogen-bond acceptors (Lipinski definition) is 7. The Morgan fingerprint density at radius 1 is 1.11 bits per heavy atom. The van der Waals surface area contributed by atoms with Gasteiger partial charge in [0.2, 0.25) is 0 Å². The number of aromatic nitrogens is 1. The third-order valence-electron chi connectivity index (χ3n) is 7.71. The summed E-state index contributed by atoms with van der Waals surface area (Å²) in [5.41, 5.74) is 0.816. The molecule has 0 radical (unpaired) electrons. The molecule has 1 amide bonds. The molecule has 9 heteroatoms. The molecule has 36 heavy (non-hydrogen) atoms. The van der Waals surface area contributed by atoms with Crippen LogP contribution in [0, 0.1) is 24.2 Å². The number of nitrogens with zero attached hydrogens (tertiary/aromatic N) is 2. The Bertz CT molecular complexity index is 1150. The van der Waals surface area contributed by atoms with Gasteiger partial charge in [0.25, 0.3) is 5.91 Å². The Balaban J connectivity index is 1.33. The molecule has 0 unspecified atom stereocenters. The Hall–Kier alpha value is -2.45. The Morgan fingerprint density at radius 2 is 1.81 bits per heavy atom. The Morgan fingerprint density at radius 3 is 2.44 bits per heavy atom. The van der Waals surface area contributed by atoms with E-state index in [-0.39, 0.29) is 36.5 Å². The maximum Gasteiger partial charge on any atom is 0.350 e. The first-order valence-corrected chi connectivity index (χ1v) is 13.7. The number of ether oxygens (including phenoxy) is 2. The monoisotopic (exact) mass is 530 g/mol. The van der Waals surface area contributed by atoms with Crippen LogP contribution in [0.5, 0.6) is 0 Å². The summed E-state index contributed by atoms with van der Waals surface area (Å²) in [6.07, 6.45) is 5.30. The van der Waals surface area contributed by atoms with Crippen LogP contribution < -0.4 is 4.90 Å². The number of anilines is 1. The van der Waals surface area contributed by atoms with Crippen molar-refractivity contribution in [3.05, 3.63) is 46.5 Å². The van der Waals surface area contributed by atoms with Crippen LogP contribution in [0.1, 0.15) is 66.4 Å². The van der Waals surface area contributed by atoms with Gasteiger partial charge in [-0.15, -0.1) is 11.6 Å². The molecular formula is C27H31ClN2O5S. The average Bonchev–Trinajstić information content (AvgIpc) is 3.21. The van der Waals surface area contributed by atoms with Crippen LogP contribution in [0.3, 0.4) is 0 Å². The molecular weight excluding hydrogens is 500 g/mol. The molecule has 4 saturated carbocycles. The van der Waals surface area contributed by atoms with Gasteiger partial charge in [-0.3, -0.25) is 14.5 Å². The van der Waals surface area contributed by atoms with Gasteiger partial charge >= 0.3 is 11.9 Å². The SMILES string of the molecule is CCOC(=O)c1sc(N(Cc2ccccc2)C(=O)COC(=O)C23C[C@H]4C[C@@H](CC(Cl)(C4)C2)C3)nc1C. The highest BCUT2D eigenvalue weighted by Gasteiger charge is 2.60. The minimum Gasteiger partial charge on any atom is -0.462 e. The van der Waals surface area contributed by atoms with E-state index in [1.807, 2.05) is 30.3 Å². The van der Waals surface area contributed by atoms with Crippen molar-refractivity contribution >= 4 is 45.9 Å². The summed E-state index contributed by atoms with van der Waals surface area (Å²) in [5, 5.41) is 0.370. The summed E-state index contributed by atoms with van der Waals surface area (Å²) < 4.78 is 10.8. The average molecular weight is 531 g/mol. The van der Waals surface area contributed by atoms with Crippen LogP contribution in [-0.4, -0.2) is 40.9 Å². The van der Waals surface area contributed by atoms with Crippen LogP contribution in [-0.2, 0) is 25.6 Å². The van der Waals surface area contributed by atoms with Gasteiger partial charge < -0.3 is 9.47 Å². The smallest absolute Gasteiger partial charge is 0.350 e. The maximum absolute atomic E-state index is 13.4. The molecule has 4 fully saturated rings. The van der Waals surface area contributed by atoms with E-state index >= 15 is 0 Å². The van der Waals surface area contributed by atoms with Crippen LogP contribution in [0.25, 0.3) is 0 Å². The van der Waals surface area contributed by atoms with Crippen molar-refractivity contribution in [1.82, 2.24) is 4.98 Å². The predicted octanol–water partition coefficient (Wildman–Crippen LogP) is 5.28. The van der Waals surface area contributed by atoms with Crippen LogP contribution in [0.2, 0.25) is 0 Å². The fourth-order valence-corrected chi connectivity index (χ4v) is 8.33. The number of halogens is 1. The lowest BCUT2D eigenvalue weighted by molar-refractivity contribution is -0.171. The zero-order chi connectivity index (χ0) is 25.5. The van der Waals surface area contributed by atoms with Gasteiger partial charge in [-0.1, -0.05) is 41.7 Å². The van der Waals surface area contributed by atoms with Crippen molar-refractivity contribution < 1.29 is 23.9 Å². The number of esters is 2. The third kappa shape index (κ3) is 4.90. The van der Waals surface area contributed by atoms with Gasteiger partial charge in [0.05, 0.1) is 24.3 Å². The van der Waals surface area contributed by atoms with Crippen molar-refractivity contribution in [3.8, 4) is 0 Å². The zero-order valence-electron chi connectivity index (χ0n) is 20.6. The van der Waals surface area contributed by atoms with Crippen LogP contribution in [0.15, 0.2) is 30.3 Å². The number of thiazole rings is 1. The summed E-state index contributed by atoms with van der Waals surface area (Å²) in [7, 11) is 0. The van der Waals surface area contributed by atoms with E-state index in [1.54, 1.807) is 13.8 Å². The second-order valence-corrected chi connectivity index (χ2v) is 12.3. The molecule has 0 N–H and O–H groups in total. The van der Waals surface area contributed by atoms with Crippen LogP contribution >= 0.6 is 22.9 Å². The molecule has 6 rings (SSSR count). The number of carbonyl (C=O) groups is 3. The number of alkyl halides is 1. The number of benzene rings is 1. The molecule has 0 spiro atoms. The van der Waals surface area contributed by atoms with Gasteiger partial charge in [-0.25, -0.2) is 9.78 Å². The van der Waals surface area contributed by atoms with Crippen molar-refractivity contribution in [1.29, 1.82) is 0 Å². The summed E-state index contributed by atoms with van der Waals surface area (Å²) in [6.45, 7) is 3.57. The summed E-state index contributed by atoms with van der Waals surface area (Å²) in [5.74, 6) is -0.240. The second kappa shape index (κ2) is 9.78. The fourth-order valence-electron chi connectivity index (χ4n) is 6.66. The van der Waals surface area contributed by atoms with Crippen molar-refractivity contribution in [2.75, 3.05) is 18.1 Å². The molecule has 1 aromatic heterocycles. The molecule has 4 aliphatic rings. The van der Waals surface area contributed by atoms with Crippen molar-refractivity contribution in [3.63, 3.8) is 0 Å². The second-order valence-electron chi connectivity index (χ2n) is 10.6. The Labute approximate surface area is 220 Å². The summed E-state index contributed by atoms with van der Waals surface area (Å²) in [4.78, 5) is 45.1. The van der Waals surface area contributed by atoms with Crippen molar-refractivity contribution in [2.24, 2.45) is 17.3 Å². The van der Waals surface area contributed by atoms with E-state index in [0.29, 0.717) is 34.0 Å². The molecule has 0 aliphatic heterocycles. The van der Waals surface area contributed by atoms with E-state index < -0.39 is 11.4 Å². The zero-order valence-corrected chi connectivity index (χ0v) is 22.2. The number of aryl methyl sites for hydroxylation is 1. The largest absolute Gasteiger partial charge is 0.462 e. The van der Waals surface area contributed by atoms with Gasteiger partial charge in [0.1, 0.15) is 4.88 Å². The molecule has 192 valence electrons. The van der Waals surface area contributed by atoms with Crippen molar-refractivity contribution in [2.45, 2.75) is 63.8 Å². The lowest BCUT2D eigenvalue weighted by atomic mass is 9.49. The molecule has 2 atom stereocenters. The molecule has 1 aromatic carbocycles. The van der Waals surface area contributed by atoms with Gasteiger partial charge in [-0.2, -0.15) is 0 Å². The van der Waals surface area contributed by atoms with E-state index in [1.165, 1.54) is 4.90 Å². The summed E-state index contributed by atoms with van der Waals surface area (Å²) >= 11 is 7.99. The molecule has 4 bridgehead atoms. The van der Waals surface area contributed by atoms with E-state index in [9.17, 15) is 14.4 Å². The van der Waals surface area contributed by atoms with Gasteiger partial charge in [0.15, 0.2) is 11.7 Å². The molecule has 2 aromatic rings. The molecule has 4 aliphatic carbocycles. The predicted molar refractivity (Wildman–Crippen MR) is 137 cm³/mol. The van der Waals surface area contributed by atoms with E-state index in [4.69, 9.17) is 21.1 Å². The summed E-state index contributed by atoms with van der Waals surface area (Å²) in [6, 6.07) is 9.51. The fraction of sp³-hybridized carbons (Fsp3) is 0.556. The lowest BCUT2D eigenvalue weighted by Gasteiger charge is -2.58. The van der Waals surface area contributed by atoms with Gasteiger partial charge in [0, 0.05) is 4.87 Å². The lowest BCUT2D eigenvalue weighted by Crippen LogP contribution is -2.56. The number of amides is 1. The quantitative estimate of drug-likeness (QED) is 0.341. The molecule has 7 nitrogen and oxygen atoms in total. The van der Waals surface area contributed by atoms with E-state index in [0.717, 1.165) is 49.0 Å². The number of hydrogen-bond donors (Lipinski definition) is 0. The number of rotatable bonds is 8. The van der Waals surface area contributed by atoms with E-state index in [2.05, 4.69) is 4.98 Å². The normalized spacial score (nSPS) is 28.1. The number of carbonyl (C=O) groups excluding carboxylic acids is 3. The maximum atomic E-state index is 13.4.